The van der Waals surface area contributed by atoms with Crippen molar-refractivity contribution in [1.82, 2.24) is 29.1 Å². The van der Waals surface area contributed by atoms with Gasteiger partial charge in [0.15, 0.2) is 17.2 Å². The Balaban J connectivity index is 0.915. The molecular weight excluding hydrogens is 773 g/mol. The van der Waals surface area contributed by atoms with E-state index < -0.39 is 0 Å². The topological polar surface area (TPSA) is 74.6 Å². The van der Waals surface area contributed by atoms with Gasteiger partial charge in [0.1, 0.15) is 5.58 Å². The Bertz CT molecular complexity index is 3850. The van der Waals surface area contributed by atoms with Gasteiger partial charge < -0.3 is 8.98 Å². The van der Waals surface area contributed by atoms with Gasteiger partial charge >= 0.3 is 0 Å². The summed E-state index contributed by atoms with van der Waals surface area (Å²) in [6.07, 6.45) is 1.83. The van der Waals surface area contributed by atoms with Crippen molar-refractivity contribution in [2.24, 2.45) is 0 Å². The third-order valence-electron chi connectivity index (χ3n) is 12.3. The first-order valence-electron chi connectivity index (χ1n) is 21.0. The zero-order valence-electron chi connectivity index (χ0n) is 33.7. The molecule has 0 N–H and O–H groups in total. The maximum Gasteiger partial charge on any atom is 0.238 e. The SMILES string of the molecule is c1ccc(-c2nc(-c3ccccc3)nc(-n3c4ccccc4c4cc(-c5ccc6c(c5)c5ccccc5n6-c5ccc(-c6cc7c(cn6)oc6ccccc67)cc5)ccc43)n2)cc1. The number of hydrogen-bond acceptors (Lipinski definition) is 5. The molecule has 0 saturated heterocycles. The third-order valence-corrected chi connectivity index (χ3v) is 12.3. The summed E-state index contributed by atoms with van der Waals surface area (Å²) >= 11 is 0. The molecule has 8 aromatic carbocycles. The highest BCUT2D eigenvalue weighted by molar-refractivity contribution is 6.13. The van der Waals surface area contributed by atoms with Crippen LogP contribution in [0, 0.1) is 0 Å². The molecule has 13 aromatic rings. The molecule has 0 amide bonds. The summed E-state index contributed by atoms with van der Waals surface area (Å²) in [4.78, 5) is 20.0. The zero-order chi connectivity index (χ0) is 41.4. The number of nitrogens with zero attached hydrogens (tertiary/aromatic N) is 6. The summed E-state index contributed by atoms with van der Waals surface area (Å²) in [5.74, 6) is 1.83. The van der Waals surface area contributed by atoms with E-state index in [-0.39, 0.29) is 0 Å². The predicted octanol–water partition coefficient (Wildman–Crippen LogP) is 14.0. The van der Waals surface area contributed by atoms with Crippen LogP contribution in [0.3, 0.4) is 0 Å². The van der Waals surface area contributed by atoms with Crippen LogP contribution in [-0.4, -0.2) is 29.1 Å². The van der Waals surface area contributed by atoms with E-state index in [9.17, 15) is 0 Å². The first-order chi connectivity index (χ1) is 31.2. The van der Waals surface area contributed by atoms with Gasteiger partial charge in [-0.25, -0.2) is 4.98 Å². The Labute approximate surface area is 360 Å². The first kappa shape index (κ1) is 35.1. The van der Waals surface area contributed by atoms with Gasteiger partial charge in [0, 0.05) is 54.7 Å². The molecule has 0 unspecified atom stereocenters. The molecule has 0 aliphatic heterocycles. The molecule has 63 heavy (non-hydrogen) atoms. The van der Waals surface area contributed by atoms with Crippen LogP contribution in [0.1, 0.15) is 0 Å². The van der Waals surface area contributed by atoms with E-state index in [1.165, 1.54) is 10.8 Å². The van der Waals surface area contributed by atoms with Gasteiger partial charge in [-0.1, -0.05) is 140 Å². The maximum absolute atomic E-state index is 6.04. The molecule has 0 bridgehead atoms. The van der Waals surface area contributed by atoms with Crippen molar-refractivity contribution in [2.75, 3.05) is 0 Å². The maximum atomic E-state index is 6.04. The Hall–Kier alpha value is -8.68. The number of fused-ring (bicyclic) bond motifs is 9. The van der Waals surface area contributed by atoms with Crippen LogP contribution in [0.15, 0.2) is 211 Å². The minimum Gasteiger partial charge on any atom is -0.454 e. The van der Waals surface area contributed by atoms with E-state index in [0.717, 1.165) is 94.0 Å². The Morgan fingerprint density at radius 3 is 1.48 bits per heavy atom. The van der Waals surface area contributed by atoms with Gasteiger partial charge in [-0.05, 0) is 71.8 Å². The van der Waals surface area contributed by atoms with E-state index in [0.29, 0.717) is 17.6 Å². The lowest BCUT2D eigenvalue weighted by Gasteiger charge is -2.11. The summed E-state index contributed by atoms with van der Waals surface area (Å²) in [5.41, 5.74) is 13.2. The van der Waals surface area contributed by atoms with E-state index in [4.69, 9.17) is 24.4 Å². The highest BCUT2D eigenvalue weighted by atomic mass is 16.3. The molecule has 0 aliphatic rings. The average molecular weight is 807 g/mol. The molecule has 0 spiro atoms. The quantitative estimate of drug-likeness (QED) is 0.167. The number of para-hydroxylation sites is 3. The van der Waals surface area contributed by atoms with E-state index in [1.54, 1.807) is 0 Å². The van der Waals surface area contributed by atoms with Crippen LogP contribution in [0.25, 0.3) is 122 Å². The largest absolute Gasteiger partial charge is 0.454 e. The lowest BCUT2D eigenvalue weighted by Crippen LogP contribution is -2.06. The Morgan fingerprint density at radius 2 is 0.841 bits per heavy atom. The average Bonchev–Trinajstić information content (AvgIpc) is 4.01. The second-order valence-corrected chi connectivity index (χ2v) is 15.9. The molecule has 294 valence electrons. The van der Waals surface area contributed by atoms with Crippen LogP contribution in [0.5, 0.6) is 0 Å². The lowest BCUT2D eigenvalue weighted by atomic mass is 10.0. The van der Waals surface area contributed by atoms with Crippen molar-refractivity contribution in [2.45, 2.75) is 0 Å². The van der Waals surface area contributed by atoms with Crippen molar-refractivity contribution in [1.29, 1.82) is 0 Å². The second kappa shape index (κ2) is 13.9. The molecular formula is C56H34N6O. The fraction of sp³-hybridized carbons (Fsp3) is 0. The molecule has 5 heterocycles. The number of pyridine rings is 1. The molecule has 7 heteroatoms. The van der Waals surface area contributed by atoms with Crippen LogP contribution in [0.4, 0.5) is 0 Å². The highest BCUT2D eigenvalue weighted by Gasteiger charge is 2.20. The molecule has 7 nitrogen and oxygen atoms in total. The van der Waals surface area contributed by atoms with Gasteiger partial charge in [-0.3, -0.25) is 9.55 Å². The van der Waals surface area contributed by atoms with Gasteiger partial charge in [0.05, 0.1) is 34.0 Å². The number of benzene rings is 8. The fourth-order valence-electron chi connectivity index (χ4n) is 9.27. The van der Waals surface area contributed by atoms with Crippen molar-refractivity contribution >= 4 is 65.6 Å². The van der Waals surface area contributed by atoms with E-state index in [2.05, 4.69) is 130 Å². The van der Waals surface area contributed by atoms with Crippen molar-refractivity contribution in [3.63, 3.8) is 0 Å². The monoisotopic (exact) mass is 806 g/mol. The smallest absolute Gasteiger partial charge is 0.238 e. The second-order valence-electron chi connectivity index (χ2n) is 15.9. The minimum atomic E-state index is 0.577. The van der Waals surface area contributed by atoms with Crippen LogP contribution in [0.2, 0.25) is 0 Å². The van der Waals surface area contributed by atoms with Crippen molar-refractivity contribution in [3.05, 3.63) is 206 Å². The standard InChI is InChI=1S/C56H34N6O/c1-3-13-36(14-4-1)54-58-55(37-15-5-2-6-16-37)60-56(59-54)62-49-21-11-8-18-42(49)45-32-39(26-30-51(45)62)38-25-29-50-44(31-38)41-17-7-10-20-48(41)61(50)40-27-23-35(24-28-40)47-33-46-43-19-9-12-22-52(43)63-53(46)34-57-47/h1-34H. The number of aromatic nitrogens is 6. The number of furan rings is 1. The molecule has 13 rings (SSSR count). The lowest BCUT2D eigenvalue weighted by molar-refractivity contribution is 0.667. The van der Waals surface area contributed by atoms with Gasteiger partial charge in [0.25, 0.3) is 0 Å². The highest BCUT2D eigenvalue weighted by Crippen LogP contribution is 2.39. The normalized spacial score (nSPS) is 11.8. The van der Waals surface area contributed by atoms with Crippen LogP contribution in [-0.2, 0) is 0 Å². The fourth-order valence-corrected chi connectivity index (χ4v) is 9.27. The minimum absolute atomic E-state index is 0.577. The number of rotatable bonds is 6. The number of hydrogen-bond donors (Lipinski definition) is 0. The van der Waals surface area contributed by atoms with Gasteiger partial charge in [-0.2, -0.15) is 9.97 Å². The van der Waals surface area contributed by atoms with Gasteiger partial charge in [-0.15, -0.1) is 0 Å². The van der Waals surface area contributed by atoms with E-state index >= 15 is 0 Å². The zero-order valence-corrected chi connectivity index (χ0v) is 33.7. The van der Waals surface area contributed by atoms with E-state index in [1.807, 2.05) is 85.1 Å². The third kappa shape index (κ3) is 5.67. The summed E-state index contributed by atoms with van der Waals surface area (Å²) < 4.78 is 10.6. The molecule has 0 fully saturated rings. The molecule has 5 aromatic heterocycles. The molecule has 0 saturated carbocycles. The Morgan fingerprint density at radius 1 is 0.333 bits per heavy atom. The molecule has 0 aliphatic carbocycles. The summed E-state index contributed by atoms with van der Waals surface area (Å²) in [7, 11) is 0. The van der Waals surface area contributed by atoms with Crippen molar-refractivity contribution < 1.29 is 4.42 Å². The van der Waals surface area contributed by atoms with Crippen LogP contribution >= 0.6 is 0 Å². The van der Waals surface area contributed by atoms with Crippen molar-refractivity contribution in [3.8, 4) is 56.8 Å². The summed E-state index contributed by atoms with van der Waals surface area (Å²) in [6, 6.07) is 69.9. The van der Waals surface area contributed by atoms with Gasteiger partial charge in [0.2, 0.25) is 5.95 Å². The molecule has 0 atom stereocenters. The Kier molecular flexibility index (Phi) is 7.77. The summed E-state index contributed by atoms with van der Waals surface area (Å²) in [5, 5.41) is 6.82. The predicted molar refractivity (Wildman–Crippen MR) is 255 cm³/mol. The first-order valence-corrected chi connectivity index (χ1v) is 21.0. The summed E-state index contributed by atoms with van der Waals surface area (Å²) in [6.45, 7) is 0. The molecule has 0 radical (unpaired) electrons. The van der Waals surface area contributed by atoms with Crippen LogP contribution < -0.4 is 0 Å².